The van der Waals surface area contributed by atoms with Gasteiger partial charge in [0, 0.05) is 49.5 Å². The van der Waals surface area contributed by atoms with Crippen molar-refractivity contribution in [3.05, 3.63) is 110 Å². The molecule has 0 aromatic heterocycles. The lowest BCUT2D eigenvalue weighted by Gasteiger charge is -2.40. The average Bonchev–Trinajstić information content (AvgIpc) is 3.27. The van der Waals surface area contributed by atoms with Crippen LogP contribution in [-0.2, 0) is 0 Å². The number of carbonyl (C=O) groups is 2. The fourth-order valence-electron chi connectivity index (χ4n) is 5.38. The molecular formula is C26H17Cl2NO2. The van der Waals surface area contributed by atoms with Gasteiger partial charge in [0.25, 0.3) is 0 Å². The molecule has 0 saturated heterocycles. The van der Waals surface area contributed by atoms with Gasteiger partial charge in [-0.05, 0) is 42.2 Å². The third kappa shape index (κ3) is 2.60. The molecule has 6 rings (SSSR count). The zero-order chi connectivity index (χ0) is 21.3. The molecule has 31 heavy (non-hydrogen) atoms. The Balaban J connectivity index is 1.56. The topological polar surface area (TPSA) is 46.2 Å². The largest absolute Gasteiger partial charge is 0.378 e. The van der Waals surface area contributed by atoms with Crippen LogP contribution in [0.4, 0.5) is 5.69 Å². The number of carbonyl (C=O) groups excluding carboxylic acids is 2. The lowest BCUT2D eigenvalue weighted by molar-refractivity contribution is 0.0978. The number of hydrogen-bond acceptors (Lipinski definition) is 3. The van der Waals surface area contributed by atoms with Gasteiger partial charge in [0.1, 0.15) is 0 Å². The number of nitrogens with one attached hydrogen (secondary N) is 1. The van der Waals surface area contributed by atoms with E-state index in [1.807, 2.05) is 24.3 Å². The zero-order valence-corrected chi connectivity index (χ0v) is 17.9. The maximum Gasteiger partial charge on any atom is 0.194 e. The molecule has 1 N–H and O–H groups in total. The molecule has 3 aromatic rings. The SMILES string of the molecule is O=C1c2ccccc2C(=O)c2c1ccc1c2[C@@H]2C=CC[C@@H]2[C@H](c2c(Cl)cccc2Cl)N1. The second-order valence-corrected chi connectivity index (χ2v) is 9.08. The molecule has 1 aliphatic heterocycles. The molecule has 152 valence electrons. The molecule has 5 heteroatoms. The summed E-state index contributed by atoms with van der Waals surface area (Å²) in [6.45, 7) is 0. The molecule has 0 spiro atoms. The summed E-state index contributed by atoms with van der Waals surface area (Å²) in [7, 11) is 0. The first kappa shape index (κ1) is 18.9. The molecule has 1 heterocycles. The fraction of sp³-hybridized carbons (Fsp3) is 0.154. The molecule has 0 fully saturated rings. The van der Waals surface area contributed by atoms with Gasteiger partial charge in [-0.1, -0.05) is 65.7 Å². The number of benzene rings is 3. The summed E-state index contributed by atoms with van der Waals surface area (Å²) in [6, 6.07) is 16.2. The number of ketones is 2. The zero-order valence-electron chi connectivity index (χ0n) is 16.4. The summed E-state index contributed by atoms with van der Waals surface area (Å²) in [5.41, 5.74) is 4.60. The number of allylic oxidation sites excluding steroid dienone is 2. The molecule has 0 unspecified atom stereocenters. The van der Waals surface area contributed by atoms with Gasteiger partial charge in [-0.3, -0.25) is 9.59 Å². The summed E-state index contributed by atoms with van der Waals surface area (Å²) < 4.78 is 0. The molecule has 2 aliphatic carbocycles. The van der Waals surface area contributed by atoms with Crippen LogP contribution in [0.3, 0.4) is 0 Å². The van der Waals surface area contributed by atoms with E-state index in [0.29, 0.717) is 32.3 Å². The van der Waals surface area contributed by atoms with E-state index in [1.165, 1.54) is 0 Å². The van der Waals surface area contributed by atoms with E-state index < -0.39 is 0 Å². The van der Waals surface area contributed by atoms with Crippen LogP contribution >= 0.6 is 23.2 Å². The second kappa shape index (κ2) is 6.81. The van der Waals surface area contributed by atoms with Crippen molar-refractivity contribution in [3.8, 4) is 0 Å². The van der Waals surface area contributed by atoms with Gasteiger partial charge in [-0.2, -0.15) is 0 Å². The molecule has 3 nitrogen and oxygen atoms in total. The number of halogens is 2. The van der Waals surface area contributed by atoms with Gasteiger partial charge in [0.05, 0.1) is 6.04 Å². The van der Waals surface area contributed by atoms with E-state index in [2.05, 4.69) is 17.5 Å². The smallest absolute Gasteiger partial charge is 0.194 e. The Morgan fingerprint density at radius 1 is 0.774 bits per heavy atom. The van der Waals surface area contributed by atoms with Crippen LogP contribution in [0.15, 0.2) is 66.7 Å². The normalized spacial score (nSPS) is 23.0. The van der Waals surface area contributed by atoms with Crippen molar-refractivity contribution in [1.82, 2.24) is 0 Å². The van der Waals surface area contributed by atoms with Crippen molar-refractivity contribution in [3.63, 3.8) is 0 Å². The van der Waals surface area contributed by atoms with Crippen LogP contribution in [0.25, 0.3) is 0 Å². The van der Waals surface area contributed by atoms with Crippen LogP contribution < -0.4 is 5.32 Å². The van der Waals surface area contributed by atoms with Crippen LogP contribution in [-0.4, -0.2) is 11.6 Å². The van der Waals surface area contributed by atoms with Gasteiger partial charge >= 0.3 is 0 Å². The minimum Gasteiger partial charge on any atom is -0.378 e. The number of fused-ring (bicyclic) bond motifs is 6. The molecular weight excluding hydrogens is 429 g/mol. The predicted octanol–water partition coefficient (Wildman–Crippen LogP) is 6.60. The van der Waals surface area contributed by atoms with Crippen molar-refractivity contribution in [2.75, 3.05) is 5.32 Å². The first-order valence-electron chi connectivity index (χ1n) is 10.3. The van der Waals surface area contributed by atoms with Crippen LogP contribution in [0.2, 0.25) is 10.0 Å². The summed E-state index contributed by atoms with van der Waals surface area (Å²) in [5, 5.41) is 4.85. The first-order valence-corrected chi connectivity index (χ1v) is 11.0. The van der Waals surface area contributed by atoms with Crippen molar-refractivity contribution in [2.24, 2.45) is 5.92 Å². The van der Waals surface area contributed by atoms with Gasteiger partial charge in [0.15, 0.2) is 11.6 Å². The highest BCUT2D eigenvalue weighted by molar-refractivity contribution is 6.36. The lowest BCUT2D eigenvalue weighted by Crippen LogP contribution is -2.33. The van der Waals surface area contributed by atoms with Crippen molar-refractivity contribution < 1.29 is 9.59 Å². The molecule has 3 aromatic carbocycles. The minimum atomic E-state index is -0.0946. The van der Waals surface area contributed by atoms with E-state index in [4.69, 9.17) is 23.2 Å². The van der Waals surface area contributed by atoms with Crippen molar-refractivity contribution in [2.45, 2.75) is 18.4 Å². The summed E-state index contributed by atoms with van der Waals surface area (Å²) in [6.07, 6.45) is 5.14. The maximum absolute atomic E-state index is 13.5. The highest BCUT2D eigenvalue weighted by atomic mass is 35.5. The van der Waals surface area contributed by atoms with Gasteiger partial charge in [0.2, 0.25) is 0 Å². The van der Waals surface area contributed by atoms with Crippen molar-refractivity contribution in [1.29, 1.82) is 0 Å². The number of anilines is 1. The molecule has 0 amide bonds. The van der Waals surface area contributed by atoms with E-state index >= 15 is 0 Å². The molecule has 3 atom stereocenters. The van der Waals surface area contributed by atoms with E-state index in [0.717, 1.165) is 23.2 Å². The Morgan fingerprint density at radius 2 is 1.48 bits per heavy atom. The monoisotopic (exact) mass is 445 g/mol. The first-order chi connectivity index (χ1) is 15.1. The number of hydrogen-bond donors (Lipinski definition) is 1. The standard InChI is InChI=1S/C26H17Cl2NO2/c27-18-9-4-10-19(28)23(18)24-14-8-3-7-13(14)21-20(29-24)12-11-17-22(21)26(31)16-6-2-1-5-15(16)25(17)30/h1-7,9-14,24,29H,8H2/t13-,14+,24-/m1/s1. The third-order valence-electron chi connectivity index (χ3n) is 6.73. The highest BCUT2D eigenvalue weighted by Gasteiger charge is 2.43. The average molecular weight is 446 g/mol. The Kier molecular flexibility index (Phi) is 4.14. The molecule has 0 saturated carbocycles. The quantitative estimate of drug-likeness (QED) is 0.336. The minimum absolute atomic E-state index is 0.00514. The Hall–Kier alpha value is -2.88. The van der Waals surface area contributed by atoms with E-state index in [-0.39, 0.29) is 29.4 Å². The third-order valence-corrected chi connectivity index (χ3v) is 7.39. The highest BCUT2D eigenvalue weighted by Crippen LogP contribution is 2.54. The number of rotatable bonds is 1. The van der Waals surface area contributed by atoms with Crippen LogP contribution in [0, 0.1) is 5.92 Å². The van der Waals surface area contributed by atoms with Gasteiger partial charge in [-0.25, -0.2) is 0 Å². The Morgan fingerprint density at radius 3 is 2.23 bits per heavy atom. The van der Waals surface area contributed by atoms with E-state index in [9.17, 15) is 9.59 Å². The molecule has 0 bridgehead atoms. The summed E-state index contributed by atoms with van der Waals surface area (Å²) in [5.74, 6) is -0.0260. The molecule has 3 aliphatic rings. The van der Waals surface area contributed by atoms with Crippen LogP contribution in [0.1, 0.15) is 61.4 Å². The van der Waals surface area contributed by atoms with E-state index in [1.54, 1.807) is 30.3 Å². The lowest BCUT2D eigenvalue weighted by atomic mass is 9.71. The van der Waals surface area contributed by atoms with Crippen molar-refractivity contribution >= 4 is 40.5 Å². The predicted molar refractivity (Wildman–Crippen MR) is 123 cm³/mol. The molecule has 0 radical (unpaired) electrons. The maximum atomic E-state index is 13.5. The van der Waals surface area contributed by atoms with Crippen LogP contribution in [0.5, 0.6) is 0 Å². The van der Waals surface area contributed by atoms with Gasteiger partial charge < -0.3 is 5.32 Å². The summed E-state index contributed by atoms with van der Waals surface area (Å²) in [4.78, 5) is 26.7. The fourth-order valence-corrected chi connectivity index (χ4v) is 6.01. The second-order valence-electron chi connectivity index (χ2n) is 8.26. The summed E-state index contributed by atoms with van der Waals surface area (Å²) >= 11 is 13.1. The Labute approximate surface area is 189 Å². The van der Waals surface area contributed by atoms with Gasteiger partial charge in [-0.15, -0.1) is 0 Å². The Bertz CT molecular complexity index is 1310.